The molecule has 2 aliphatic heterocycles. The van der Waals surface area contributed by atoms with Crippen molar-refractivity contribution in [2.24, 2.45) is 0 Å². The standard InChI is InChI=1S/C13H14O4/c1-9(14)12-7-8-13(15-2,17-16-12)11-6-4-3-5-10(11)12/h3-9,14H,1-2H3/t9-,12-,13-/m1/s1. The zero-order valence-electron chi connectivity index (χ0n) is 9.71. The molecule has 0 fully saturated rings. The molecule has 0 spiro atoms. The summed E-state index contributed by atoms with van der Waals surface area (Å²) in [6.45, 7) is 1.68. The normalized spacial score (nSPS) is 35.7. The van der Waals surface area contributed by atoms with Crippen molar-refractivity contribution in [2.75, 3.05) is 7.11 Å². The fourth-order valence-corrected chi connectivity index (χ4v) is 2.46. The zero-order valence-corrected chi connectivity index (χ0v) is 9.71. The first-order chi connectivity index (χ1) is 8.15. The van der Waals surface area contributed by atoms with E-state index in [0.717, 1.165) is 11.1 Å². The van der Waals surface area contributed by atoms with E-state index in [9.17, 15) is 5.11 Å². The number of methoxy groups -OCH3 is 1. The van der Waals surface area contributed by atoms with Crippen LogP contribution in [0.5, 0.6) is 0 Å². The zero-order chi connectivity index (χ0) is 12.1. The van der Waals surface area contributed by atoms with Gasteiger partial charge in [-0.2, -0.15) is 4.89 Å². The third-order valence-corrected chi connectivity index (χ3v) is 3.50. The number of rotatable bonds is 2. The highest BCUT2D eigenvalue weighted by Gasteiger charge is 2.54. The number of aliphatic hydroxyl groups is 1. The molecule has 2 heterocycles. The van der Waals surface area contributed by atoms with Crippen LogP contribution in [0.2, 0.25) is 0 Å². The predicted molar refractivity (Wildman–Crippen MR) is 59.8 cm³/mol. The molecule has 0 unspecified atom stereocenters. The van der Waals surface area contributed by atoms with E-state index in [1.54, 1.807) is 26.2 Å². The summed E-state index contributed by atoms with van der Waals surface area (Å²) in [5.74, 6) is -0.993. The van der Waals surface area contributed by atoms with E-state index in [2.05, 4.69) is 0 Å². The highest BCUT2D eigenvalue weighted by atomic mass is 17.2. The van der Waals surface area contributed by atoms with E-state index >= 15 is 0 Å². The van der Waals surface area contributed by atoms with Crippen LogP contribution in [0.15, 0.2) is 36.4 Å². The molecule has 4 nitrogen and oxygen atoms in total. The maximum atomic E-state index is 9.96. The van der Waals surface area contributed by atoms with Crippen molar-refractivity contribution < 1.29 is 19.6 Å². The van der Waals surface area contributed by atoms with Gasteiger partial charge in [0, 0.05) is 18.2 Å². The van der Waals surface area contributed by atoms with Crippen molar-refractivity contribution in [2.45, 2.75) is 24.4 Å². The molecule has 4 rings (SSSR count). The summed E-state index contributed by atoms with van der Waals surface area (Å²) in [4.78, 5) is 10.7. The lowest BCUT2D eigenvalue weighted by molar-refractivity contribution is -0.480. The number of hydrogen-bond acceptors (Lipinski definition) is 4. The number of ether oxygens (including phenoxy) is 1. The third kappa shape index (κ3) is 1.21. The molecule has 0 saturated carbocycles. The van der Waals surface area contributed by atoms with Crippen molar-refractivity contribution in [3.8, 4) is 0 Å². The molecule has 3 atom stereocenters. The summed E-state index contributed by atoms with van der Waals surface area (Å²) < 4.78 is 5.40. The molecule has 0 amide bonds. The molecular formula is C13H14O4. The lowest BCUT2D eigenvalue weighted by Crippen LogP contribution is -2.52. The average molecular weight is 234 g/mol. The fourth-order valence-electron chi connectivity index (χ4n) is 2.46. The second-order valence-corrected chi connectivity index (χ2v) is 4.39. The van der Waals surface area contributed by atoms with E-state index in [0.29, 0.717) is 0 Å². The maximum Gasteiger partial charge on any atom is 0.247 e. The van der Waals surface area contributed by atoms with Crippen LogP contribution in [0.1, 0.15) is 18.1 Å². The lowest BCUT2D eigenvalue weighted by Gasteiger charge is -2.48. The molecule has 0 saturated heterocycles. The molecule has 1 aromatic carbocycles. The van der Waals surface area contributed by atoms with Crippen LogP contribution < -0.4 is 0 Å². The monoisotopic (exact) mass is 234 g/mol. The first kappa shape index (κ1) is 10.9. The Labute approximate surface area is 99.3 Å². The van der Waals surface area contributed by atoms with Gasteiger partial charge in [-0.05, 0) is 19.1 Å². The summed E-state index contributed by atoms with van der Waals surface area (Å²) in [5, 5.41) is 9.96. The Bertz CT molecular complexity index is 482. The van der Waals surface area contributed by atoms with Gasteiger partial charge in [-0.3, -0.25) is 0 Å². The highest BCUT2D eigenvalue weighted by molar-refractivity contribution is 5.46. The minimum Gasteiger partial charge on any atom is -0.390 e. The molecule has 90 valence electrons. The number of aliphatic hydroxyl groups excluding tert-OH is 1. The first-order valence-corrected chi connectivity index (χ1v) is 5.55. The van der Waals surface area contributed by atoms with Crippen molar-refractivity contribution in [3.63, 3.8) is 0 Å². The van der Waals surface area contributed by atoms with E-state index in [1.165, 1.54) is 0 Å². The summed E-state index contributed by atoms with van der Waals surface area (Å²) in [6.07, 6.45) is 2.87. The second-order valence-electron chi connectivity index (χ2n) is 4.39. The molecule has 1 N–H and O–H groups in total. The highest BCUT2D eigenvalue weighted by Crippen LogP contribution is 2.50. The van der Waals surface area contributed by atoms with Gasteiger partial charge < -0.3 is 9.84 Å². The minimum atomic E-state index is -0.993. The summed E-state index contributed by atoms with van der Waals surface area (Å²) in [5.41, 5.74) is 0.819. The Morgan fingerprint density at radius 2 is 1.88 bits per heavy atom. The van der Waals surface area contributed by atoms with E-state index in [1.807, 2.05) is 24.3 Å². The molecule has 17 heavy (non-hydrogen) atoms. The third-order valence-electron chi connectivity index (χ3n) is 3.50. The SMILES string of the molecule is CO[C@]12C=C[C@]([C@@H](C)O)(OO1)c1ccccc12. The first-order valence-electron chi connectivity index (χ1n) is 5.55. The van der Waals surface area contributed by atoms with E-state index < -0.39 is 17.5 Å². The van der Waals surface area contributed by atoms with Crippen molar-refractivity contribution >= 4 is 0 Å². The topological polar surface area (TPSA) is 47.9 Å². The number of hydrogen-bond donors (Lipinski definition) is 1. The smallest absolute Gasteiger partial charge is 0.247 e. The fraction of sp³-hybridized carbons (Fsp3) is 0.385. The van der Waals surface area contributed by atoms with E-state index in [-0.39, 0.29) is 0 Å². The van der Waals surface area contributed by atoms with Gasteiger partial charge in [0.1, 0.15) is 0 Å². The number of fused-ring (bicyclic) bond motifs is 1. The summed E-state index contributed by atoms with van der Waals surface area (Å²) >= 11 is 0. The van der Waals surface area contributed by atoms with Crippen molar-refractivity contribution in [1.82, 2.24) is 0 Å². The van der Waals surface area contributed by atoms with Gasteiger partial charge in [0.15, 0.2) is 5.60 Å². The Kier molecular flexibility index (Phi) is 2.18. The molecule has 0 aromatic heterocycles. The predicted octanol–water partition coefficient (Wildman–Crippen LogP) is 1.59. The largest absolute Gasteiger partial charge is 0.390 e. The van der Waals surface area contributed by atoms with Crippen LogP contribution in [0, 0.1) is 0 Å². The maximum absolute atomic E-state index is 9.96. The van der Waals surface area contributed by atoms with Gasteiger partial charge in [-0.15, -0.1) is 0 Å². The second kappa shape index (κ2) is 3.40. The van der Waals surface area contributed by atoms with Gasteiger partial charge in [-0.1, -0.05) is 24.3 Å². The van der Waals surface area contributed by atoms with Crippen LogP contribution in [-0.4, -0.2) is 18.3 Å². The van der Waals surface area contributed by atoms with Crippen LogP contribution in [0.4, 0.5) is 0 Å². The van der Waals surface area contributed by atoms with Gasteiger partial charge >= 0.3 is 0 Å². The van der Waals surface area contributed by atoms with E-state index in [4.69, 9.17) is 14.5 Å². The van der Waals surface area contributed by atoms with Crippen LogP contribution >= 0.6 is 0 Å². The van der Waals surface area contributed by atoms with Crippen LogP contribution in [0.25, 0.3) is 0 Å². The Hall–Kier alpha value is -1.20. The van der Waals surface area contributed by atoms with Gasteiger partial charge in [-0.25, -0.2) is 4.89 Å². The Balaban J connectivity index is 2.27. The van der Waals surface area contributed by atoms with Crippen molar-refractivity contribution in [3.05, 3.63) is 47.5 Å². The molecule has 1 aromatic rings. The van der Waals surface area contributed by atoms with Gasteiger partial charge in [0.05, 0.1) is 6.10 Å². The van der Waals surface area contributed by atoms with Crippen LogP contribution in [-0.2, 0) is 25.9 Å². The average Bonchev–Trinajstić information content (AvgIpc) is 2.40. The molecule has 2 bridgehead atoms. The number of benzene rings is 1. The summed E-state index contributed by atoms with van der Waals surface area (Å²) in [7, 11) is 1.56. The van der Waals surface area contributed by atoms with Gasteiger partial charge in [0.2, 0.25) is 5.79 Å². The summed E-state index contributed by atoms with van der Waals surface area (Å²) in [6, 6.07) is 7.65. The van der Waals surface area contributed by atoms with Crippen LogP contribution in [0.3, 0.4) is 0 Å². The Morgan fingerprint density at radius 1 is 1.18 bits per heavy atom. The quantitative estimate of drug-likeness (QED) is 0.623. The van der Waals surface area contributed by atoms with Crippen molar-refractivity contribution in [1.29, 1.82) is 0 Å². The lowest BCUT2D eigenvalue weighted by atomic mass is 9.77. The molecule has 3 aliphatic rings. The minimum absolute atomic E-state index is 0.713. The molecule has 1 aliphatic carbocycles. The Morgan fingerprint density at radius 3 is 2.41 bits per heavy atom. The molecular weight excluding hydrogens is 220 g/mol. The molecule has 4 heteroatoms. The van der Waals surface area contributed by atoms with Gasteiger partial charge in [0.25, 0.3) is 0 Å². The molecule has 0 radical (unpaired) electrons.